The number of carbonyl (C=O) groups is 2. The molecular weight excluding hydrogens is 343 g/mol. The lowest BCUT2D eigenvalue weighted by molar-refractivity contribution is -0.121. The van der Waals surface area contributed by atoms with Gasteiger partial charge in [0.2, 0.25) is 5.91 Å². The number of nitrogens with one attached hydrogen (secondary N) is 1. The molecule has 1 heterocycles. The molecule has 0 bridgehead atoms. The average molecular weight is 359 g/mol. The first-order valence-electron chi connectivity index (χ1n) is 8.17. The van der Waals surface area contributed by atoms with E-state index >= 15 is 0 Å². The first-order valence-corrected chi connectivity index (χ1v) is 8.55. The highest BCUT2D eigenvalue weighted by Gasteiger charge is 2.41. The smallest absolute Gasteiger partial charge is 0.251 e. The number of carbonyl (C=O) groups excluding carboxylic acids is 2. The summed E-state index contributed by atoms with van der Waals surface area (Å²) in [7, 11) is 0. The summed E-state index contributed by atoms with van der Waals surface area (Å²) in [6.45, 7) is 0. The summed E-state index contributed by atoms with van der Waals surface area (Å²) in [6, 6.07) is 11.6. The minimum atomic E-state index is -0.581. The molecule has 1 unspecified atom stereocenters. The van der Waals surface area contributed by atoms with E-state index in [0.29, 0.717) is 5.69 Å². The molecule has 1 aliphatic carbocycles. The fourth-order valence-corrected chi connectivity index (χ4v) is 3.79. The lowest BCUT2D eigenvalue weighted by Gasteiger charge is -2.18. The van der Waals surface area contributed by atoms with E-state index in [1.54, 1.807) is 0 Å². The molecule has 1 N–H and O–H groups in total. The zero-order chi connectivity index (χ0) is 17.6. The third kappa shape index (κ3) is 2.94. The number of hydrogen-bond acceptors (Lipinski definition) is 3. The summed E-state index contributed by atoms with van der Waals surface area (Å²) in [5, 5.41) is 3.20. The van der Waals surface area contributed by atoms with Gasteiger partial charge in [0.1, 0.15) is 5.82 Å². The predicted molar refractivity (Wildman–Crippen MR) is 93.1 cm³/mol. The molecule has 0 saturated carbocycles. The second-order valence-corrected chi connectivity index (χ2v) is 6.87. The fraction of sp³-hybridized carbons (Fsp3) is 0.263. The Morgan fingerprint density at radius 1 is 1.04 bits per heavy atom. The van der Waals surface area contributed by atoms with E-state index in [9.17, 15) is 14.0 Å². The van der Waals surface area contributed by atoms with Crippen molar-refractivity contribution in [3.63, 3.8) is 0 Å². The number of anilines is 1. The van der Waals surface area contributed by atoms with E-state index < -0.39 is 11.9 Å². The molecule has 0 radical (unpaired) electrons. The van der Waals surface area contributed by atoms with Crippen LogP contribution in [0.15, 0.2) is 42.5 Å². The number of nitrogens with zero attached hydrogens (tertiary/aromatic N) is 1. The van der Waals surface area contributed by atoms with Crippen LogP contribution in [-0.4, -0.2) is 23.9 Å². The van der Waals surface area contributed by atoms with Crippen LogP contribution in [0.2, 0.25) is 5.02 Å². The third-order valence-corrected chi connectivity index (χ3v) is 5.09. The lowest BCUT2D eigenvalue weighted by Crippen LogP contribution is -2.44. The van der Waals surface area contributed by atoms with Crippen LogP contribution in [0.25, 0.3) is 0 Å². The predicted octanol–water partition coefficient (Wildman–Crippen LogP) is 2.87. The Hall–Kier alpha value is -2.24. The first kappa shape index (κ1) is 16.2. The second-order valence-electron chi connectivity index (χ2n) is 6.46. The Kier molecular flexibility index (Phi) is 4.06. The van der Waals surface area contributed by atoms with Crippen LogP contribution in [0.5, 0.6) is 0 Å². The molecule has 4 nitrogen and oxygen atoms in total. The topological polar surface area (TPSA) is 49.4 Å². The number of rotatable bonds is 3. The quantitative estimate of drug-likeness (QED) is 0.858. The molecule has 0 spiro atoms. The zero-order valence-corrected chi connectivity index (χ0v) is 14.1. The molecule has 2 aromatic carbocycles. The van der Waals surface area contributed by atoms with Gasteiger partial charge in [-0.25, -0.2) is 9.29 Å². The molecule has 0 aromatic heterocycles. The van der Waals surface area contributed by atoms with Crippen LogP contribution in [0, 0.1) is 5.82 Å². The zero-order valence-electron chi connectivity index (χ0n) is 13.3. The van der Waals surface area contributed by atoms with Gasteiger partial charge in [-0.3, -0.25) is 9.59 Å². The molecule has 1 aliphatic heterocycles. The monoisotopic (exact) mass is 358 g/mol. The van der Waals surface area contributed by atoms with Gasteiger partial charge in [-0.1, -0.05) is 35.9 Å². The van der Waals surface area contributed by atoms with E-state index in [-0.39, 0.29) is 29.3 Å². The van der Waals surface area contributed by atoms with Crippen molar-refractivity contribution < 1.29 is 14.0 Å². The van der Waals surface area contributed by atoms with Crippen molar-refractivity contribution in [1.29, 1.82) is 0 Å². The van der Waals surface area contributed by atoms with Gasteiger partial charge in [0.05, 0.1) is 23.2 Å². The highest BCUT2D eigenvalue weighted by molar-refractivity contribution is 6.31. The van der Waals surface area contributed by atoms with Crippen LogP contribution in [0.3, 0.4) is 0 Å². The summed E-state index contributed by atoms with van der Waals surface area (Å²) in [6.07, 6.45) is 1.79. The largest absolute Gasteiger partial charge is 0.302 e. The second kappa shape index (κ2) is 6.24. The van der Waals surface area contributed by atoms with Gasteiger partial charge in [-0.15, -0.1) is 0 Å². The summed E-state index contributed by atoms with van der Waals surface area (Å²) < 4.78 is 13.3. The average Bonchev–Trinajstić information content (AvgIpc) is 3.11. The van der Waals surface area contributed by atoms with Gasteiger partial charge in [-0.05, 0) is 42.2 Å². The van der Waals surface area contributed by atoms with Crippen molar-refractivity contribution >= 4 is 29.1 Å². The molecule has 2 amide bonds. The molecule has 2 aromatic rings. The van der Waals surface area contributed by atoms with E-state index in [0.717, 1.165) is 23.8 Å². The van der Waals surface area contributed by atoms with Gasteiger partial charge in [0.15, 0.2) is 0 Å². The minimum absolute atomic E-state index is 0.0979. The number of imide groups is 1. The highest BCUT2D eigenvalue weighted by Crippen LogP contribution is 2.28. The van der Waals surface area contributed by atoms with Crippen LogP contribution in [-0.2, 0) is 22.4 Å². The number of fused-ring (bicyclic) bond motifs is 1. The molecule has 4 rings (SSSR count). The van der Waals surface area contributed by atoms with E-state index in [2.05, 4.69) is 17.4 Å². The minimum Gasteiger partial charge on any atom is -0.302 e. The SMILES string of the molecule is O=C1CC(NC2Cc3ccccc3C2)C(=O)N1c1ccc(F)c(Cl)c1. The normalized spacial score (nSPS) is 20.4. The number of amides is 2. The highest BCUT2D eigenvalue weighted by atomic mass is 35.5. The molecule has 1 fully saturated rings. The summed E-state index contributed by atoms with van der Waals surface area (Å²) >= 11 is 5.77. The summed E-state index contributed by atoms with van der Waals surface area (Å²) in [5.74, 6) is -1.20. The summed E-state index contributed by atoms with van der Waals surface area (Å²) in [5.41, 5.74) is 2.86. The molecule has 25 heavy (non-hydrogen) atoms. The van der Waals surface area contributed by atoms with Crippen molar-refractivity contribution in [2.24, 2.45) is 0 Å². The molecular formula is C19H16ClFN2O2. The van der Waals surface area contributed by atoms with Crippen LogP contribution in [0.1, 0.15) is 17.5 Å². The van der Waals surface area contributed by atoms with Crippen LogP contribution < -0.4 is 10.2 Å². The van der Waals surface area contributed by atoms with E-state index in [1.165, 1.54) is 23.3 Å². The Morgan fingerprint density at radius 3 is 2.36 bits per heavy atom. The number of halogens is 2. The van der Waals surface area contributed by atoms with Crippen molar-refractivity contribution in [2.75, 3.05) is 4.90 Å². The van der Waals surface area contributed by atoms with Gasteiger partial charge in [0, 0.05) is 6.04 Å². The molecule has 1 atom stereocenters. The Balaban J connectivity index is 1.49. The fourth-order valence-electron chi connectivity index (χ4n) is 3.62. The van der Waals surface area contributed by atoms with Crippen LogP contribution >= 0.6 is 11.6 Å². The Bertz CT molecular complexity index is 845. The van der Waals surface area contributed by atoms with E-state index in [4.69, 9.17) is 11.6 Å². The van der Waals surface area contributed by atoms with Crippen LogP contribution in [0.4, 0.5) is 10.1 Å². The van der Waals surface area contributed by atoms with Crippen molar-refractivity contribution in [2.45, 2.75) is 31.3 Å². The van der Waals surface area contributed by atoms with Gasteiger partial charge < -0.3 is 5.32 Å². The maximum absolute atomic E-state index is 13.3. The summed E-state index contributed by atoms with van der Waals surface area (Å²) in [4.78, 5) is 26.1. The van der Waals surface area contributed by atoms with Crippen molar-refractivity contribution in [1.82, 2.24) is 5.32 Å². The maximum atomic E-state index is 13.3. The number of benzene rings is 2. The lowest BCUT2D eigenvalue weighted by atomic mass is 10.1. The number of hydrogen-bond donors (Lipinski definition) is 1. The first-order chi connectivity index (χ1) is 12.0. The third-order valence-electron chi connectivity index (χ3n) is 4.80. The Morgan fingerprint density at radius 2 is 1.72 bits per heavy atom. The molecule has 6 heteroatoms. The maximum Gasteiger partial charge on any atom is 0.251 e. The van der Waals surface area contributed by atoms with Gasteiger partial charge >= 0.3 is 0 Å². The molecule has 1 saturated heterocycles. The van der Waals surface area contributed by atoms with Gasteiger partial charge in [0.25, 0.3) is 5.91 Å². The standard InChI is InChI=1S/C19H16ClFN2O2/c20-15-9-14(5-6-16(15)21)23-18(24)10-17(19(23)25)22-13-7-11-3-1-2-4-12(11)8-13/h1-6,9,13,17,22H,7-8,10H2. The van der Waals surface area contributed by atoms with Crippen molar-refractivity contribution in [3.05, 3.63) is 64.4 Å². The van der Waals surface area contributed by atoms with Crippen molar-refractivity contribution in [3.8, 4) is 0 Å². The molecule has 128 valence electrons. The van der Waals surface area contributed by atoms with E-state index in [1.807, 2.05) is 12.1 Å². The Labute approximate surface area is 149 Å². The van der Waals surface area contributed by atoms with Gasteiger partial charge in [-0.2, -0.15) is 0 Å². The molecule has 2 aliphatic rings.